The van der Waals surface area contributed by atoms with Crippen LogP contribution in [-0.4, -0.2) is 17.3 Å². The van der Waals surface area contributed by atoms with Crippen molar-refractivity contribution >= 4 is 0 Å². The molecule has 0 saturated heterocycles. The standard InChI is InChI=1S/C12H15FN2O/c1-12(2,8-16)15-7-10-5-11(13)4-3-9(10)6-14/h3-5,15-16H,7-8H2,1-2H3. The molecule has 0 spiro atoms. The summed E-state index contributed by atoms with van der Waals surface area (Å²) in [7, 11) is 0. The van der Waals surface area contributed by atoms with Crippen LogP contribution in [0.4, 0.5) is 4.39 Å². The Morgan fingerprint density at radius 2 is 2.19 bits per heavy atom. The first-order chi connectivity index (χ1) is 7.48. The summed E-state index contributed by atoms with van der Waals surface area (Å²) in [5.74, 6) is -0.363. The fourth-order valence-corrected chi connectivity index (χ4v) is 1.21. The molecule has 2 N–H and O–H groups in total. The van der Waals surface area contributed by atoms with E-state index in [0.717, 1.165) is 0 Å². The zero-order valence-electron chi connectivity index (χ0n) is 9.42. The average molecular weight is 222 g/mol. The minimum absolute atomic E-state index is 0.0236. The summed E-state index contributed by atoms with van der Waals surface area (Å²) >= 11 is 0. The Labute approximate surface area is 94.5 Å². The SMILES string of the molecule is CC(C)(CO)NCc1cc(F)ccc1C#N. The van der Waals surface area contributed by atoms with E-state index in [1.807, 2.05) is 19.9 Å². The van der Waals surface area contributed by atoms with E-state index in [1.165, 1.54) is 18.2 Å². The van der Waals surface area contributed by atoms with Gasteiger partial charge in [0.05, 0.1) is 18.2 Å². The van der Waals surface area contributed by atoms with Crippen LogP contribution in [0.3, 0.4) is 0 Å². The first-order valence-corrected chi connectivity index (χ1v) is 5.03. The summed E-state index contributed by atoms with van der Waals surface area (Å²) in [6.07, 6.45) is 0. The molecule has 0 aliphatic rings. The maximum Gasteiger partial charge on any atom is 0.123 e. The zero-order chi connectivity index (χ0) is 12.2. The highest BCUT2D eigenvalue weighted by Crippen LogP contribution is 2.12. The van der Waals surface area contributed by atoms with Crippen molar-refractivity contribution in [2.75, 3.05) is 6.61 Å². The Kier molecular flexibility index (Phi) is 3.99. The van der Waals surface area contributed by atoms with Crippen LogP contribution in [0.15, 0.2) is 18.2 Å². The van der Waals surface area contributed by atoms with E-state index in [4.69, 9.17) is 10.4 Å². The molecule has 0 aliphatic heterocycles. The fraction of sp³-hybridized carbons (Fsp3) is 0.417. The third kappa shape index (κ3) is 3.30. The molecule has 0 heterocycles. The van der Waals surface area contributed by atoms with Crippen LogP contribution >= 0.6 is 0 Å². The molecule has 3 nitrogen and oxygen atoms in total. The Morgan fingerprint density at radius 3 is 2.75 bits per heavy atom. The van der Waals surface area contributed by atoms with Crippen LogP contribution in [0, 0.1) is 17.1 Å². The van der Waals surface area contributed by atoms with E-state index in [9.17, 15) is 4.39 Å². The predicted octanol–water partition coefficient (Wildman–Crippen LogP) is 1.56. The maximum absolute atomic E-state index is 13.0. The third-order valence-corrected chi connectivity index (χ3v) is 2.34. The Hall–Kier alpha value is -1.44. The molecule has 1 aromatic carbocycles. The van der Waals surface area contributed by atoms with Gasteiger partial charge < -0.3 is 10.4 Å². The van der Waals surface area contributed by atoms with Crippen molar-refractivity contribution in [3.8, 4) is 6.07 Å². The van der Waals surface area contributed by atoms with Gasteiger partial charge in [0.25, 0.3) is 0 Å². The van der Waals surface area contributed by atoms with Crippen molar-refractivity contribution < 1.29 is 9.50 Å². The van der Waals surface area contributed by atoms with Crippen molar-refractivity contribution in [3.05, 3.63) is 35.1 Å². The van der Waals surface area contributed by atoms with E-state index >= 15 is 0 Å². The number of halogens is 1. The molecular formula is C12H15FN2O. The number of benzene rings is 1. The summed E-state index contributed by atoms with van der Waals surface area (Å²) in [6.45, 7) is 4.00. The van der Waals surface area contributed by atoms with Crippen molar-refractivity contribution in [2.24, 2.45) is 0 Å². The van der Waals surface area contributed by atoms with Crippen molar-refractivity contribution in [3.63, 3.8) is 0 Å². The molecule has 0 aromatic heterocycles. The Bertz CT molecular complexity index is 410. The minimum atomic E-state index is -0.445. The van der Waals surface area contributed by atoms with Gasteiger partial charge in [-0.3, -0.25) is 0 Å². The molecule has 0 unspecified atom stereocenters. The van der Waals surface area contributed by atoms with Crippen LogP contribution in [-0.2, 0) is 6.54 Å². The van der Waals surface area contributed by atoms with Crippen LogP contribution in [0.1, 0.15) is 25.0 Å². The lowest BCUT2D eigenvalue weighted by molar-refractivity contribution is 0.187. The Balaban J connectivity index is 2.81. The molecule has 0 atom stereocenters. The second-order valence-electron chi connectivity index (χ2n) is 4.31. The maximum atomic E-state index is 13.0. The molecular weight excluding hydrogens is 207 g/mol. The third-order valence-electron chi connectivity index (χ3n) is 2.34. The van der Waals surface area contributed by atoms with Gasteiger partial charge in [0.15, 0.2) is 0 Å². The van der Waals surface area contributed by atoms with E-state index in [1.54, 1.807) is 0 Å². The molecule has 4 heteroatoms. The predicted molar refractivity (Wildman–Crippen MR) is 59.1 cm³/mol. The number of hydrogen-bond acceptors (Lipinski definition) is 3. The summed E-state index contributed by atoms with van der Waals surface area (Å²) in [5, 5.41) is 21.0. The monoisotopic (exact) mass is 222 g/mol. The van der Waals surface area contributed by atoms with Crippen molar-refractivity contribution in [2.45, 2.75) is 25.9 Å². The van der Waals surface area contributed by atoms with E-state index in [-0.39, 0.29) is 12.4 Å². The molecule has 0 saturated carbocycles. The van der Waals surface area contributed by atoms with Gasteiger partial charge in [0, 0.05) is 12.1 Å². The van der Waals surface area contributed by atoms with E-state index < -0.39 is 5.54 Å². The van der Waals surface area contributed by atoms with Gasteiger partial charge in [0.1, 0.15) is 5.82 Å². The highest BCUT2D eigenvalue weighted by atomic mass is 19.1. The highest BCUT2D eigenvalue weighted by Gasteiger charge is 2.15. The molecule has 0 radical (unpaired) electrons. The average Bonchev–Trinajstić information content (AvgIpc) is 2.27. The minimum Gasteiger partial charge on any atom is -0.394 e. The van der Waals surface area contributed by atoms with Gasteiger partial charge in [-0.25, -0.2) is 4.39 Å². The van der Waals surface area contributed by atoms with Gasteiger partial charge >= 0.3 is 0 Å². The number of rotatable bonds is 4. The molecule has 1 rings (SSSR count). The summed E-state index contributed by atoms with van der Waals surface area (Å²) in [6, 6.07) is 6.06. The second kappa shape index (κ2) is 5.06. The molecule has 16 heavy (non-hydrogen) atoms. The number of nitriles is 1. The smallest absolute Gasteiger partial charge is 0.123 e. The van der Waals surface area contributed by atoms with Crippen molar-refractivity contribution in [1.82, 2.24) is 5.32 Å². The van der Waals surface area contributed by atoms with Crippen LogP contribution in [0.25, 0.3) is 0 Å². The molecule has 0 bridgehead atoms. The largest absolute Gasteiger partial charge is 0.394 e. The van der Waals surface area contributed by atoms with Gasteiger partial charge in [-0.15, -0.1) is 0 Å². The molecule has 0 fully saturated rings. The first-order valence-electron chi connectivity index (χ1n) is 5.03. The second-order valence-corrected chi connectivity index (χ2v) is 4.31. The molecule has 0 aliphatic carbocycles. The van der Waals surface area contributed by atoms with Gasteiger partial charge in [-0.05, 0) is 37.6 Å². The summed E-state index contributed by atoms with van der Waals surface area (Å²) < 4.78 is 13.0. The van der Waals surface area contributed by atoms with Gasteiger partial charge in [0.2, 0.25) is 0 Å². The van der Waals surface area contributed by atoms with E-state index in [0.29, 0.717) is 17.7 Å². The summed E-state index contributed by atoms with van der Waals surface area (Å²) in [5.41, 5.74) is 0.602. The number of nitrogens with one attached hydrogen (secondary N) is 1. The Morgan fingerprint density at radius 1 is 1.50 bits per heavy atom. The van der Waals surface area contributed by atoms with Crippen LogP contribution in [0.5, 0.6) is 0 Å². The highest BCUT2D eigenvalue weighted by molar-refractivity contribution is 5.37. The van der Waals surface area contributed by atoms with Crippen LogP contribution < -0.4 is 5.32 Å². The van der Waals surface area contributed by atoms with Crippen LogP contribution in [0.2, 0.25) is 0 Å². The van der Waals surface area contributed by atoms with Gasteiger partial charge in [-0.1, -0.05) is 0 Å². The quantitative estimate of drug-likeness (QED) is 0.812. The number of aliphatic hydroxyl groups excluding tert-OH is 1. The van der Waals surface area contributed by atoms with Crippen molar-refractivity contribution in [1.29, 1.82) is 5.26 Å². The van der Waals surface area contributed by atoms with Gasteiger partial charge in [-0.2, -0.15) is 5.26 Å². The first kappa shape index (κ1) is 12.6. The fourth-order valence-electron chi connectivity index (χ4n) is 1.21. The summed E-state index contributed by atoms with van der Waals surface area (Å²) in [4.78, 5) is 0. The number of nitrogens with zero attached hydrogens (tertiary/aromatic N) is 1. The van der Waals surface area contributed by atoms with E-state index in [2.05, 4.69) is 5.32 Å². The lowest BCUT2D eigenvalue weighted by Crippen LogP contribution is -2.42. The molecule has 86 valence electrons. The molecule has 1 aromatic rings. The number of aliphatic hydroxyl groups is 1. The normalized spacial score (nSPS) is 11.2. The number of hydrogen-bond donors (Lipinski definition) is 2. The molecule has 0 amide bonds. The topological polar surface area (TPSA) is 56.0 Å². The zero-order valence-corrected chi connectivity index (χ0v) is 9.42. The lowest BCUT2D eigenvalue weighted by atomic mass is 10.0. The lowest BCUT2D eigenvalue weighted by Gasteiger charge is -2.23.